The molecule has 0 saturated heterocycles. The molecule has 2 aliphatic carbocycles. The van der Waals surface area contributed by atoms with Crippen molar-refractivity contribution in [2.45, 2.75) is 50.7 Å². The molecule has 1 atom stereocenters. The monoisotopic (exact) mass is 191 g/mol. The highest BCUT2D eigenvalue weighted by molar-refractivity contribution is 5.04. The molecular formula is C11H17N3. The number of hydrogen-bond donors (Lipinski definition) is 1. The van der Waals surface area contributed by atoms with Gasteiger partial charge in [0.1, 0.15) is 5.82 Å². The van der Waals surface area contributed by atoms with Crippen LogP contribution in [0.3, 0.4) is 0 Å². The highest BCUT2D eigenvalue weighted by Crippen LogP contribution is 2.37. The molecule has 0 bridgehead atoms. The van der Waals surface area contributed by atoms with Crippen LogP contribution in [-0.2, 0) is 0 Å². The van der Waals surface area contributed by atoms with Gasteiger partial charge >= 0.3 is 0 Å². The summed E-state index contributed by atoms with van der Waals surface area (Å²) in [5, 5.41) is 3.60. The first-order valence-corrected chi connectivity index (χ1v) is 5.63. The van der Waals surface area contributed by atoms with Crippen molar-refractivity contribution in [3.63, 3.8) is 0 Å². The Balaban J connectivity index is 1.75. The van der Waals surface area contributed by atoms with Gasteiger partial charge in [0.05, 0.1) is 6.04 Å². The van der Waals surface area contributed by atoms with Gasteiger partial charge in [-0.2, -0.15) is 0 Å². The van der Waals surface area contributed by atoms with Crippen molar-refractivity contribution in [1.82, 2.24) is 14.9 Å². The fourth-order valence-electron chi connectivity index (χ4n) is 2.00. The van der Waals surface area contributed by atoms with Gasteiger partial charge in [-0.1, -0.05) is 0 Å². The second kappa shape index (κ2) is 3.09. The summed E-state index contributed by atoms with van der Waals surface area (Å²) >= 11 is 0. The molecule has 0 aliphatic heterocycles. The fourth-order valence-corrected chi connectivity index (χ4v) is 2.00. The van der Waals surface area contributed by atoms with E-state index >= 15 is 0 Å². The van der Waals surface area contributed by atoms with Gasteiger partial charge in [-0.15, -0.1) is 0 Å². The van der Waals surface area contributed by atoms with E-state index < -0.39 is 0 Å². The van der Waals surface area contributed by atoms with E-state index in [-0.39, 0.29) is 0 Å². The SMILES string of the molecule is C[C@H](NC1CC1)c1nccn1C1CC1. The molecule has 2 fully saturated rings. The van der Waals surface area contributed by atoms with E-state index in [1.165, 1.54) is 31.5 Å². The molecule has 0 unspecified atom stereocenters. The summed E-state index contributed by atoms with van der Waals surface area (Å²) in [6, 6.07) is 1.92. The predicted molar refractivity (Wildman–Crippen MR) is 55.1 cm³/mol. The number of nitrogens with zero attached hydrogens (tertiary/aromatic N) is 2. The molecule has 1 aromatic rings. The van der Waals surface area contributed by atoms with Crippen LogP contribution in [0, 0.1) is 0 Å². The smallest absolute Gasteiger partial charge is 0.125 e. The van der Waals surface area contributed by atoms with Crippen molar-refractivity contribution < 1.29 is 0 Å². The summed E-state index contributed by atoms with van der Waals surface area (Å²) < 4.78 is 2.35. The number of imidazole rings is 1. The summed E-state index contributed by atoms with van der Waals surface area (Å²) in [4.78, 5) is 4.46. The Bertz CT molecular complexity index is 323. The Hall–Kier alpha value is -0.830. The zero-order valence-corrected chi connectivity index (χ0v) is 8.61. The largest absolute Gasteiger partial charge is 0.331 e. The molecule has 3 heteroatoms. The van der Waals surface area contributed by atoms with E-state index in [1.807, 2.05) is 6.20 Å². The fraction of sp³-hybridized carbons (Fsp3) is 0.727. The van der Waals surface area contributed by atoms with Crippen LogP contribution in [-0.4, -0.2) is 15.6 Å². The topological polar surface area (TPSA) is 29.9 Å². The Kier molecular flexibility index (Phi) is 1.87. The van der Waals surface area contributed by atoms with Crippen molar-refractivity contribution in [2.24, 2.45) is 0 Å². The number of nitrogens with one attached hydrogen (secondary N) is 1. The minimum atomic E-state index is 0.415. The lowest BCUT2D eigenvalue weighted by atomic mass is 10.3. The van der Waals surface area contributed by atoms with E-state index in [1.54, 1.807) is 0 Å². The van der Waals surface area contributed by atoms with E-state index in [0.717, 1.165) is 12.1 Å². The Labute approximate surface area is 84.5 Å². The van der Waals surface area contributed by atoms with Crippen LogP contribution < -0.4 is 5.32 Å². The van der Waals surface area contributed by atoms with Crippen LogP contribution in [0.15, 0.2) is 12.4 Å². The maximum atomic E-state index is 4.46. The van der Waals surface area contributed by atoms with Gasteiger partial charge in [-0.25, -0.2) is 4.98 Å². The first kappa shape index (κ1) is 8.48. The van der Waals surface area contributed by atoms with Gasteiger partial charge in [0.2, 0.25) is 0 Å². The summed E-state index contributed by atoms with van der Waals surface area (Å²) in [6.07, 6.45) is 9.40. The third-order valence-corrected chi connectivity index (χ3v) is 3.09. The molecule has 0 spiro atoms. The van der Waals surface area contributed by atoms with Crippen LogP contribution in [0.4, 0.5) is 0 Å². The molecule has 3 rings (SSSR count). The second-order valence-electron chi connectivity index (χ2n) is 4.59. The van der Waals surface area contributed by atoms with E-state index in [0.29, 0.717) is 6.04 Å². The second-order valence-corrected chi connectivity index (χ2v) is 4.59. The van der Waals surface area contributed by atoms with Crippen LogP contribution in [0.5, 0.6) is 0 Å². The maximum absolute atomic E-state index is 4.46. The van der Waals surface area contributed by atoms with Crippen LogP contribution in [0.1, 0.15) is 50.5 Å². The molecule has 0 aromatic carbocycles. The van der Waals surface area contributed by atoms with E-state index in [9.17, 15) is 0 Å². The third kappa shape index (κ3) is 1.57. The molecular weight excluding hydrogens is 174 g/mol. The van der Waals surface area contributed by atoms with Crippen molar-refractivity contribution in [1.29, 1.82) is 0 Å². The maximum Gasteiger partial charge on any atom is 0.125 e. The first-order chi connectivity index (χ1) is 6.84. The lowest BCUT2D eigenvalue weighted by molar-refractivity contribution is 0.511. The van der Waals surface area contributed by atoms with Crippen molar-refractivity contribution in [3.05, 3.63) is 18.2 Å². The summed E-state index contributed by atoms with van der Waals surface area (Å²) in [7, 11) is 0. The van der Waals surface area contributed by atoms with Gasteiger partial charge < -0.3 is 9.88 Å². The molecule has 1 aromatic heterocycles. The minimum absolute atomic E-state index is 0.415. The highest BCUT2D eigenvalue weighted by atomic mass is 15.2. The lowest BCUT2D eigenvalue weighted by Crippen LogP contribution is -2.23. The molecule has 76 valence electrons. The lowest BCUT2D eigenvalue weighted by Gasteiger charge is -2.14. The van der Waals surface area contributed by atoms with Gasteiger partial charge in [0, 0.05) is 24.5 Å². The quantitative estimate of drug-likeness (QED) is 0.789. The summed E-state index contributed by atoms with van der Waals surface area (Å²) in [5.74, 6) is 1.22. The van der Waals surface area contributed by atoms with Gasteiger partial charge in [0.25, 0.3) is 0 Å². The van der Waals surface area contributed by atoms with Crippen molar-refractivity contribution in [2.75, 3.05) is 0 Å². The molecule has 14 heavy (non-hydrogen) atoms. The van der Waals surface area contributed by atoms with E-state index in [4.69, 9.17) is 0 Å². The van der Waals surface area contributed by atoms with Crippen LogP contribution in [0.25, 0.3) is 0 Å². The zero-order chi connectivity index (χ0) is 9.54. The first-order valence-electron chi connectivity index (χ1n) is 5.63. The normalized spacial score (nSPS) is 23.8. The average molecular weight is 191 g/mol. The molecule has 0 radical (unpaired) electrons. The number of aromatic nitrogens is 2. The number of hydrogen-bond acceptors (Lipinski definition) is 2. The van der Waals surface area contributed by atoms with Gasteiger partial charge in [-0.3, -0.25) is 0 Å². The molecule has 1 N–H and O–H groups in total. The minimum Gasteiger partial charge on any atom is -0.331 e. The summed E-state index contributed by atoms with van der Waals surface area (Å²) in [6.45, 7) is 2.22. The molecule has 2 saturated carbocycles. The Morgan fingerprint density at radius 2 is 2.21 bits per heavy atom. The molecule has 3 nitrogen and oxygen atoms in total. The van der Waals surface area contributed by atoms with E-state index in [2.05, 4.69) is 28.0 Å². The third-order valence-electron chi connectivity index (χ3n) is 3.09. The summed E-state index contributed by atoms with van der Waals surface area (Å²) in [5.41, 5.74) is 0. The Morgan fingerprint density at radius 3 is 2.86 bits per heavy atom. The zero-order valence-electron chi connectivity index (χ0n) is 8.61. The van der Waals surface area contributed by atoms with Gasteiger partial charge in [-0.05, 0) is 32.6 Å². The molecule has 1 heterocycles. The van der Waals surface area contributed by atoms with Gasteiger partial charge in [0.15, 0.2) is 0 Å². The average Bonchev–Trinajstić information content (AvgIpc) is 3.08. The van der Waals surface area contributed by atoms with Crippen molar-refractivity contribution in [3.8, 4) is 0 Å². The Morgan fingerprint density at radius 1 is 1.43 bits per heavy atom. The van der Waals surface area contributed by atoms with Crippen LogP contribution in [0.2, 0.25) is 0 Å². The molecule has 0 amide bonds. The molecule has 2 aliphatic rings. The number of rotatable bonds is 4. The predicted octanol–water partition coefficient (Wildman–Crippen LogP) is 2.03. The van der Waals surface area contributed by atoms with Crippen molar-refractivity contribution >= 4 is 0 Å². The standard InChI is InChI=1S/C11H17N3/c1-8(13-9-2-3-9)11-12-6-7-14(11)10-4-5-10/h6-10,13H,2-5H2,1H3/t8-/m0/s1. The highest BCUT2D eigenvalue weighted by Gasteiger charge is 2.29. The van der Waals surface area contributed by atoms with Crippen LogP contribution >= 0.6 is 0 Å².